The van der Waals surface area contributed by atoms with E-state index in [0.29, 0.717) is 0 Å². The number of rotatable bonds is 4. The molecule has 2 aliphatic heterocycles. The number of likely N-dealkylation sites (N-methyl/N-ethyl adjacent to an activating group) is 1. The number of nitrogens with two attached hydrogens (primary N) is 1. The van der Waals surface area contributed by atoms with Crippen molar-refractivity contribution >= 4 is 11.9 Å². The lowest BCUT2D eigenvalue weighted by Crippen LogP contribution is -2.61. The number of hydrogen-bond donors (Lipinski definition) is 2. The number of primary amides is 1. The molecule has 8 heteroatoms. The van der Waals surface area contributed by atoms with Gasteiger partial charge in [-0.15, -0.1) is 0 Å². The van der Waals surface area contributed by atoms with Gasteiger partial charge in [0.2, 0.25) is 5.91 Å². The van der Waals surface area contributed by atoms with E-state index in [9.17, 15) is 4.79 Å². The summed E-state index contributed by atoms with van der Waals surface area (Å²) in [5, 5.41) is 3.42. The van der Waals surface area contributed by atoms with E-state index in [1.807, 2.05) is 13.8 Å². The minimum Gasteiger partial charge on any atom is -0.374 e. The van der Waals surface area contributed by atoms with E-state index in [-0.39, 0.29) is 12.0 Å². The van der Waals surface area contributed by atoms with Crippen LogP contribution >= 0.6 is 0 Å². The third-order valence-electron chi connectivity index (χ3n) is 5.01. The zero-order chi connectivity index (χ0) is 17.7. The Morgan fingerprint density at radius 2 is 1.96 bits per heavy atom. The molecule has 2 heterocycles. The highest BCUT2D eigenvalue weighted by atomic mass is 16.5. The Bertz CT molecular complexity index is 459. The first-order valence-corrected chi connectivity index (χ1v) is 8.65. The van der Waals surface area contributed by atoms with Crippen LogP contribution in [0.2, 0.25) is 0 Å². The smallest absolute Gasteiger partial charge is 0.237 e. The Kier molecular flexibility index (Phi) is 6.42. The summed E-state index contributed by atoms with van der Waals surface area (Å²) in [5.74, 6) is 0.611. The molecule has 138 valence electrons. The number of piperazine rings is 1. The quantitative estimate of drug-likeness (QED) is 0.493. The van der Waals surface area contributed by atoms with Gasteiger partial charge in [-0.25, -0.2) is 0 Å². The van der Waals surface area contributed by atoms with Gasteiger partial charge in [-0.2, -0.15) is 0 Å². The number of aliphatic imine (C=N–C) groups is 1. The van der Waals surface area contributed by atoms with Crippen molar-refractivity contribution in [1.82, 2.24) is 20.0 Å². The molecule has 2 rings (SSSR count). The Morgan fingerprint density at radius 3 is 2.50 bits per heavy atom. The topological polar surface area (TPSA) is 86.4 Å². The van der Waals surface area contributed by atoms with Crippen LogP contribution in [-0.2, 0) is 9.53 Å². The lowest BCUT2D eigenvalue weighted by atomic mass is 10.0. The molecule has 0 aromatic heterocycles. The molecule has 3 N–H and O–H groups in total. The number of carbonyl (C=O) groups is 1. The van der Waals surface area contributed by atoms with Gasteiger partial charge >= 0.3 is 0 Å². The fourth-order valence-electron chi connectivity index (χ4n) is 3.16. The lowest BCUT2D eigenvalue weighted by molar-refractivity contribution is -0.129. The van der Waals surface area contributed by atoms with Gasteiger partial charge in [0, 0.05) is 52.9 Å². The van der Waals surface area contributed by atoms with Crippen LogP contribution in [0, 0.1) is 0 Å². The van der Waals surface area contributed by atoms with E-state index < -0.39 is 5.54 Å². The number of nitrogens with zero attached hydrogens (tertiary/aromatic N) is 4. The van der Waals surface area contributed by atoms with Gasteiger partial charge in [0.25, 0.3) is 0 Å². The van der Waals surface area contributed by atoms with Crippen LogP contribution in [-0.4, -0.2) is 105 Å². The van der Waals surface area contributed by atoms with E-state index in [1.165, 1.54) is 0 Å². The fourth-order valence-corrected chi connectivity index (χ4v) is 3.16. The van der Waals surface area contributed by atoms with Crippen molar-refractivity contribution in [3.05, 3.63) is 0 Å². The first-order valence-electron chi connectivity index (χ1n) is 8.65. The molecule has 2 aliphatic rings. The van der Waals surface area contributed by atoms with Crippen LogP contribution < -0.4 is 11.1 Å². The van der Waals surface area contributed by atoms with Crippen LogP contribution in [0.1, 0.15) is 13.8 Å². The molecule has 0 spiro atoms. The van der Waals surface area contributed by atoms with Crippen LogP contribution in [0.5, 0.6) is 0 Å². The highest BCUT2D eigenvalue weighted by Crippen LogP contribution is 2.16. The van der Waals surface area contributed by atoms with E-state index in [1.54, 1.807) is 7.05 Å². The Labute approximate surface area is 145 Å². The molecule has 24 heavy (non-hydrogen) atoms. The summed E-state index contributed by atoms with van der Waals surface area (Å²) in [6.07, 6.45) is 0.190. The third kappa shape index (κ3) is 4.58. The van der Waals surface area contributed by atoms with E-state index in [0.717, 1.165) is 58.4 Å². The molecule has 0 aromatic rings. The first-order chi connectivity index (χ1) is 11.3. The molecule has 0 radical (unpaired) electrons. The molecule has 8 nitrogen and oxygen atoms in total. The molecule has 2 saturated heterocycles. The summed E-state index contributed by atoms with van der Waals surface area (Å²) >= 11 is 0. The summed E-state index contributed by atoms with van der Waals surface area (Å²) in [5.41, 5.74) is 4.91. The molecular weight excluding hydrogens is 308 g/mol. The Morgan fingerprint density at radius 1 is 1.29 bits per heavy atom. The van der Waals surface area contributed by atoms with Crippen molar-refractivity contribution < 1.29 is 9.53 Å². The van der Waals surface area contributed by atoms with Gasteiger partial charge in [-0.05, 0) is 20.9 Å². The van der Waals surface area contributed by atoms with Crippen LogP contribution in [0.25, 0.3) is 0 Å². The summed E-state index contributed by atoms with van der Waals surface area (Å²) in [6, 6.07) is 0. The number of amides is 1. The Balaban J connectivity index is 1.82. The van der Waals surface area contributed by atoms with Crippen LogP contribution in [0.4, 0.5) is 0 Å². The zero-order valence-corrected chi connectivity index (χ0v) is 15.4. The molecule has 2 fully saturated rings. The summed E-state index contributed by atoms with van der Waals surface area (Å²) in [6.45, 7) is 10.5. The number of hydrogen-bond acceptors (Lipinski definition) is 5. The predicted octanol–water partition coefficient (Wildman–Crippen LogP) is -1.23. The molecule has 0 aromatic carbocycles. The van der Waals surface area contributed by atoms with Gasteiger partial charge in [-0.3, -0.25) is 14.7 Å². The first kappa shape index (κ1) is 19.0. The van der Waals surface area contributed by atoms with E-state index in [4.69, 9.17) is 10.5 Å². The average Bonchev–Trinajstić information content (AvgIpc) is 2.56. The predicted molar refractivity (Wildman–Crippen MR) is 95.0 cm³/mol. The minimum absolute atomic E-state index is 0.190. The molecule has 1 amide bonds. The van der Waals surface area contributed by atoms with Crippen LogP contribution in [0.15, 0.2) is 4.99 Å². The van der Waals surface area contributed by atoms with Gasteiger partial charge < -0.3 is 25.6 Å². The van der Waals surface area contributed by atoms with Crippen molar-refractivity contribution in [2.45, 2.75) is 25.5 Å². The van der Waals surface area contributed by atoms with Crippen molar-refractivity contribution in [3.63, 3.8) is 0 Å². The van der Waals surface area contributed by atoms with Crippen molar-refractivity contribution in [2.75, 3.05) is 66.5 Å². The number of nitrogens with one attached hydrogen (secondary N) is 1. The van der Waals surface area contributed by atoms with Crippen molar-refractivity contribution in [3.8, 4) is 0 Å². The minimum atomic E-state index is -0.608. The SMILES string of the molecule is CN=C(NCC1CN(C)CCO1)N1CCN(C(C)(C)C(N)=O)CC1. The number of ether oxygens (including phenoxy) is 1. The second kappa shape index (κ2) is 8.13. The molecular formula is C16H32N6O2. The monoisotopic (exact) mass is 340 g/mol. The summed E-state index contributed by atoms with van der Waals surface area (Å²) in [4.78, 5) is 22.6. The molecule has 1 unspecified atom stereocenters. The van der Waals surface area contributed by atoms with E-state index in [2.05, 4.69) is 32.1 Å². The maximum Gasteiger partial charge on any atom is 0.237 e. The normalized spacial score (nSPS) is 24.9. The number of guanidine groups is 1. The van der Waals surface area contributed by atoms with Crippen molar-refractivity contribution in [1.29, 1.82) is 0 Å². The second-order valence-corrected chi connectivity index (χ2v) is 7.08. The second-order valence-electron chi connectivity index (χ2n) is 7.08. The van der Waals surface area contributed by atoms with E-state index >= 15 is 0 Å². The molecule has 0 bridgehead atoms. The number of carbonyl (C=O) groups excluding carboxylic acids is 1. The van der Waals surface area contributed by atoms with Crippen molar-refractivity contribution in [2.24, 2.45) is 10.7 Å². The maximum atomic E-state index is 11.6. The molecule has 0 saturated carbocycles. The van der Waals surface area contributed by atoms with Gasteiger partial charge in [-0.1, -0.05) is 0 Å². The summed E-state index contributed by atoms with van der Waals surface area (Å²) in [7, 11) is 3.92. The molecule has 0 aliphatic carbocycles. The summed E-state index contributed by atoms with van der Waals surface area (Å²) < 4.78 is 5.78. The Hall–Kier alpha value is -1.38. The van der Waals surface area contributed by atoms with Gasteiger partial charge in [0.05, 0.1) is 18.2 Å². The maximum absolute atomic E-state index is 11.6. The highest BCUT2D eigenvalue weighted by Gasteiger charge is 2.35. The highest BCUT2D eigenvalue weighted by molar-refractivity contribution is 5.84. The standard InChI is InChI=1S/C16H32N6O2/c1-16(2,14(17)23)22-7-5-21(6-8-22)15(18-3)19-11-13-12-20(4)9-10-24-13/h13H,5-12H2,1-4H3,(H2,17,23)(H,18,19). The van der Waals surface area contributed by atoms with Crippen LogP contribution in [0.3, 0.4) is 0 Å². The van der Waals surface area contributed by atoms with Gasteiger partial charge in [0.15, 0.2) is 5.96 Å². The largest absolute Gasteiger partial charge is 0.374 e. The third-order valence-corrected chi connectivity index (χ3v) is 5.01. The average molecular weight is 340 g/mol. The lowest BCUT2D eigenvalue weighted by Gasteiger charge is -2.43. The number of morpholine rings is 1. The fraction of sp³-hybridized carbons (Fsp3) is 0.875. The zero-order valence-electron chi connectivity index (χ0n) is 15.4. The van der Waals surface area contributed by atoms with Gasteiger partial charge in [0.1, 0.15) is 0 Å². The molecule has 1 atom stereocenters.